The van der Waals surface area contributed by atoms with Crippen molar-refractivity contribution in [3.05, 3.63) is 29.2 Å². The van der Waals surface area contributed by atoms with Crippen LogP contribution in [0.3, 0.4) is 0 Å². The molecule has 84 valence electrons. The van der Waals surface area contributed by atoms with Crippen LogP contribution in [0.1, 0.15) is 17.0 Å². The number of hydrogen-bond acceptors (Lipinski definition) is 5. The van der Waals surface area contributed by atoms with Crippen LogP contribution in [0, 0.1) is 13.8 Å². The molecule has 5 heteroatoms. The highest BCUT2D eigenvalue weighted by Crippen LogP contribution is 2.24. The highest BCUT2D eigenvalue weighted by molar-refractivity contribution is 5.65. The summed E-state index contributed by atoms with van der Waals surface area (Å²) >= 11 is 0. The smallest absolute Gasteiger partial charge is 0.240 e. The summed E-state index contributed by atoms with van der Waals surface area (Å²) in [6.07, 6.45) is 0. The lowest BCUT2D eigenvalue weighted by Crippen LogP contribution is -1.96. The fourth-order valence-corrected chi connectivity index (χ4v) is 1.47. The molecular weight excluding hydrogens is 204 g/mol. The fraction of sp³-hybridized carbons (Fsp3) is 0.273. The molecule has 2 rings (SSSR count). The van der Waals surface area contributed by atoms with Crippen LogP contribution in [0.25, 0.3) is 11.4 Å². The van der Waals surface area contributed by atoms with E-state index in [2.05, 4.69) is 10.1 Å². The van der Waals surface area contributed by atoms with Crippen molar-refractivity contribution in [3.63, 3.8) is 0 Å². The standard InChI is InChI=1S/C11H14N4O/c1-6-3-8(4-9(13)7(6)2)11-14-10(5-12)16-15-11/h3-4H,5,12-13H2,1-2H3. The molecule has 0 aliphatic heterocycles. The minimum Gasteiger partial charge on any atom is -0.398 e. The number of aromatic nitrogens is 2. The highest BCUT2D eigenvalue weighted by Gasteiger charge is 2.09. The van der Waals surface area contributed by atoms with Gasteiger partial charge in [0.15, 0.2) is 0 Å². The molecule has 0 saturated heterocycles. The van der Waals surface area contributed by atoms with E-state index in [-0.39, 0.29) is 6.54 Å². The lowest BCUT2D eigenvalue weighted by Gasteiger charge is -2.05. The monoisotopic (exact) mass is 218 g/mol. The van der Waals surface area contributed by atoms with Crippen molar-refractivity contribution in [3.8, 4) is 11.4 Å². The van der Waals surface area contributed by atoms with E-state index < -0.39 is 0 Å². The molecule has 16 heavy (non-hydrogen) atoms. The summed E-state index contributed by atoms with van der Waals surface area (Å²) in [5, 5.41) is 3.85. The Morgan fingerprint density at radius 1 is 1.31 bits per heavy atom. The van der Waals surface area contributed by atoms with Crippen LogP contribution < -0.4 is 11.5 Å². The first kappa shape index (κ1) is 10.6. The Kier molecular flexibility index (Phi) is 2.62. The van der Waals surface area contributed by atoms with Gasteiger partial charge in [-0.3, -0.25) is 0 Å². The average molecular weight is 218 g/mol. The SMILES string of the molecule is Cc1cc(-c2noc(CN)n2)cc(N)c1C. The second-order valence-corrected chi connectivity index (χ2v) is 3.72. The summed E-state index contributed by atoms with van der Waals surface area (Å²) in [6, 6.07) is 3.82. The van der Waals surface area contributed by atoms with Crippen molar-refractivity contribution in [2.24, 2.45) is 5.73 Å². The van der Waals surface area contributed by atoms with Crippen LogP contribution >= 0.6 is 0 Å². The van der Waals surface area contributed by atoms with Crippen molar-refractivity contribution < 1.29 is 4.52 Å². The molecule has 1 aromatic heterocycles. The van der Waals surface area contributed by atoms with Crippen molar-refractivity contribution in [1.29, 1.82) is 0 Å². The van der Waals surface area contributed by atoms with E-state index in [1.807, 2.05) is 26.0 Å². The Hall–Kier alpha value is -1.88. The Morgan fingerprint density at radius 2 is 2.06 bits per heavy atom. The van der Waals surface area contributed by atoms with Crippen molar-refractivity contribution >= 4 is 5.69 Å². The number of rotatable bonds is 2. The number of benzene rings is 1. The van der Waals surface area contributed by atoms with Crippen LogP contribution in [0.5, 0.6) is 0 Å². The van der Waals surface area contributed by atoms with Crippen LogP contribution in [0.15, 0.2) is 16.7 Å². The van der Waals surface area contributed by atoms with Gasteiger partial charge < -0.3 is 16.0 Å². The summed E-state index contributed by atoms with van der Waals surface area (Å²) in [6.45, 7) is 4.22. The fourth-order valence-electron chi connectivity index (χ4n) is 1.47. The first-order chi connectivity index (χ1) is 7.61. The number of aryl methyl sites for hydroxylation is 1. The molecule has 5 nitrogen and oxygen atoms in total. The van der Waals surface area contributed by atoms with E-state index in [9.17, 15) is 0 Å². The molecule has 1 aromatic carbocycles. The van der Waals surface area contributed by atoms with E-state index in [4.69, 9.17) is 16.0 Å². The lowest BCUT2D eigenvalue weighted by atomic mass is 10.0. The largest absolute Gasteiger partial charge is 0.398 e. The zero-order valence-corrected chi connectivity index (χ0v) is 9.32. The summed E-state index contributed by atoms with van der Waals surface area (Å²) in [5.41, 5.74) is 15.1. The third kappa shape index (κ3) is 1.77. The van der Waals surface area contributed by atoms with E-state index >= 15 is 0 Å². The van der Waals surface area contributed by atoms with Crippen LogP contribution in [0.2, 0.25) is 0 Å². The number of nitrogen functional groups attached to an aromatic ring is 1. The van der Waals surface area contributed by atoms with Gasteiger partial charge in [0.2, 0.25) is 11.7 Å². The van der Waals surface area contributed by atoms with Gasteiger partial charge in [0.25, 0.3) is 0 Å². The first-order valence-corrected chi connectivity index (χ1v) is 5.01. The Labute approximate surface area is 93.4 Å². The predicted molar refractivity (Wildman–Crippen MR) is 61.5 cm³/mol. The molecule has 0 fully saturated rings. The van der Waals surface area contributed by atoms with Crippen LogP contribution in [-0.4, -0.2) is 10.1 Å². The number of anilines is 1. The molecule has 0 amide bonds. The predicted octanol–water partition coefficient (Wildman–Crippen LogP) is 1.39. The van der Waals surface area contributed by atoms with Gasteiger partial charge in [-0.15, -0.1) is 0 Å². The van der Waals surface area contributed by atoms with Gasteiger partial charge in [0, 0.05) is 11.3 Å². The first-order valence-electron chi connectivity index (χ1n) is 5.01. The quantitative estimate of drug-likeness (QED) is 0.743. The molecule has 0 bridgehead atoms. The normalized spacial score (nSPS) is 10.7. The van der Waals surface area contributed by atoms with Gasteiger partial charge in [0.1, 0.15) is 0 Å². The molecule has 0 unspecified atom stereocenters. The second-order valence-electron chi connectivity index (χ2n) is 3.72. The second kappa shape index (κ2) is 3.94. The molecule has 0 aliphatic rings. The van der Waals surface area contributed by atoms with Gasteiger partial charge in [-0.05, 0) is 37.1 Å². The summed E-state index contributed by atoms with van der Waals surface area (Å²) in [4.78, 5) is 4.15. The molecule has 0 aliphatic carbocycles. The minimum absolute atomic E-state index is 0.243. The van der Waals surface area contributed by atoms with Crippen molar-refractivity contribution in [1.82, 2.24) is 10.1 Å². The van der Waals surface area contributed by atoms with E-state index in [1.165, 1.54) is 0 Å². The van der Waals surface area contributed by atoms with E-state index in [1.54, 1.807) is 0 Å². The average Bonchev–Trinajstić information content (AvgIpc) is 2.73. The van der Waals surface area contributed by atoms with Crippen LogP contribution in [-0.2, 0) is 6.54 Å². The lowest BCUT2D eigenvalue weighted by molar-refractivity contribution is 0.380. The van der Waals surface area contributed by atoms with Crippen molar-refractivity contribution in [2.45, 2.75) is 20.4 Å². The highest BCUT2D eigenvalue weighted by atomic mass is 16.5. The minimum atomic E-state index is 0.243. The molecule has 2 aromatic rings. The maximum Gasteiger partial charge on any atom is 0.240 e. The molecular formula is C11H14N4O. The molecule has 0 atom stereocenters. The molecule has 0 radical (unpaired) electrons. The van der Waals surface area contributed by atoms with Gasteiger partial charge >= 0.3 is 0 Å². The Morgan fingerprint density at radius 3 is 2.62 bits per heavy atom. The van der Waals surface area contributed by atoms with Gasteiger partial charge in [-0.1, -0.05) is 5.16 Å². The number of hydrogen-bond donors (Lipinski definition) is 2. The van der Waals surface area contributed by atoms with E-state index in [0.29, 0.717) is 11.7 Å². The molecule has 4 N–H and O–H groups in total. The zero-order chi connectivity index (χ0) is 11.7. The van der Waals surface area contributed by atoms with Crippen molar-refractivity contribution in [2.75, 3.05) is 5.73 Å². The Bertz CT molecular complexity index is 495. The van der Waals surface area contributed by atoms with Crippen LogP contribution in [0.4, 0.5) is 5.69 Å². The zero-order valence-electron chi connectivity index (χ0n) is 9.32. The molecule has 0 spiro atoms. The summed E-state index contributed by atoms with van der Waals surface area (Å²) in [7, 11) is 0. The maximum absolute atomic E-state index is 5.89. The van der Waals surface area contributed by atoms with Gasteiger partial charge in [0.05, 0.1) is 6.54 Å². The maximum atomic E-state index is 5.89. The van der Waals surface area contributed by atoms with Gasteiger partial charge in [-0.2, -0.15) is 4.98 Å². The number of nitrogens with zero attached hydrogens (tertiary/aromatic N) is 2. The summed E-state index contributed by atoms with van der Waals surface area (Å²) < 4.78 is 4.95. The Balaban J connectivity index is 2.48. The number of nitrogens with two attached hydrogens (primary N) is 2. The third-order valence-corrected chi connectivity index (χ3v) is 2.61. The molecule has 1 heterocycles. The van der Waals surface area contributed by atoms with Gasteiger partial charge in [-0.25, -0.2) is 0 Å². The third-order valence-electron chi connectivity index (χ3n) is 2.61. The topological polar surface area (TPSA) is 91.0 Å². The van der Waals surface area contributed by atoms with E-state index in [0.717, 1.165) is 22.4 Å². The summed E-state index contributed by atoms with van der Waals surface area (Å²) in [5.74, 6) is 0.946. The molecule has 0 saturated carbocycles.